The number of aromatic nitrogens is 2. The van der Waals surface area contributed by atoms with Crippen molar-refractivity contribution in [1.82, 2.24) is 14.9 Å². The molecule has 1 aliphatic heterocycles. The minimum atomic E-state index is -0.290. The molecule has 0 unspecified atom stereocenters. The van der Waals surface area contributed by atoms with E-state index in [1.54, 1.807) is 36.9 Å². The van der Waals surface area contributed by atoms with Crippen LogP contribution in [0.3, 0.4) is 0 Å². The molecular weight excluding hydrogens is 374 g/mol. The van der Waals surface area contributed by atoms with Crippen molar-refractivity contribution in [2.75, 3.05) is 20.5 Å². The summed E-state index contributed by atoms with van der Waals surface area (Å²) in [5, 5.41) is 3.28. The summed E-state index contributed by atoms with van der Waals surface area (Å²) in [6.45, 7) is 3.14. The number of pyridine rings is 2. The SMILES string of the molecule is COCCn1ccc2nc(C)c(C(=O)NCc3ccc4c(c3)OCO4)cc2c1=O. The van der Waals surface area contributed by atoms with Crippen LogP contribution in [0.2, 0.25) is 0 Å². The van der Waals surface area contributed by atoms with Gasteiger partial charge < -0.3 is 24.1 Å². The molecule has 0 fully saturated rings. The number of rotatable bonds is 6. The largest absolute Gasteiger partial charge is 0.454 e. The van der Waals surface area contributed by atoms with Gasteiger partial charge in [-0.3, -0.25) is 14.6 Å². The summed E-state index contributed by atoms with van der Waals surface area (Å²) in [6.07, 6.45) is 1.69. The van der Waals surface area contributed by atoms with Crippen LogP contribution in [0.5, 0.6) is 11.5 Å². The number of fused-ring (bicyclic) bond motifs is 2. The lowest BCUT2D eigenvalue weighted by molar-refractivity contribution is 0.0950. The molecule has 0 saturated carbocycles. The molecule has 0 atom stereocenters. The summed E-state index contributed by atoms with van der Waals surface area (Å²) >= 11 is 0. The molecule has 1 aromatic carbocycles. The topological polar surface area (TPSA) is 91.7 Å². The van der Waals surface area contributed by atoms with Crippen molar-refractivity contribution in [2.24, 2.45) is 0 Å². The first-order valence-corrected chi connectivity index (χ1v) is 9.23. The Bertz CT molecular complexity index is 1140. The molecule has 2 aromatic heterocycles. The standard InChI is InChI=1S/C21H21N3O5/c1-13-15(10-16-17(23-13)5-6-24(21(16)26)7-8-27-2)20(25)22-11-14-3-4-18-19(9-14)29-12-28-18/h3-6,9-10H,7-8,11-12H2,1-2H3,(H,22,25). The highest BCUT2D eigenvalue weighted by Gasteiger charge is 2.16. The Morgan fingerprint density at radius 2 is 2.07 bits per heavy atom. The summed E-state index contributed by atoms with van der Waals surface area (Å²) in [6, 6.07) is 8.90. The lowest BCUT2D eigenvalue weighted by atomic mass is 10.1. The molecule has 0 spiro atoms. The van der Waals surface area contributed by atoms with Gasteiger partial charge in [-0.15, -0.1) is 0 Å². The van der Waals surface area contributed by atoms with Gasteiger partial charge in [0.05, 0.1) is 28.8 Å². The summed E-state index contributed by atoms with van der Waals surface area (Å²) in [5.74, 6) is 1.07. The average Bonchev–Trinajstić information content (AvgIpc) is 3.19. The van der Waals surface area contributed by atoms with Crippen LogP contribution in [0.1, 0.15) is 21.6 Å². The minimum Gasteiger partial charge on any atom is -0.454 e. The van der Waals surface area contributed by atoms with Crippen molar-refractivity contribution in [3.8, 4) is 11.5 Å². The quantitative estimate of drug-likeness (QED) is 0.687. The minimum absolute atomic E-state index is 0.197. The Kier molecular flexibility index (Phi) is 5.18. The van der Waals surface area contributed by atoms with E-state index in [-0.39, 0.29) is 18.3 Å². The van der Waals surface area contributed by atoms with Gasteiger partial charge in [-0.1, -0.05) is 6.07 Å². The second-order valence-corrected chi connectivity index (χ2v) is 6.73. The molecule has 8 nitrogen and oxygen atoms in total. The van der Waals surface area contributed by atoms with Crippen LogP contribution < -0.4 is 20.3 Å². The third-order valence-corrected chi connectivity index (χ3v) is 4.82. The highest BCUT2D eigenvalue weighted by molar-refractivity contribution is 5.98. The van der Waals surface area contributed by atoms with Crippen LogP contribution >= 0.6 is 0 Å². The molecule has 4 rings (SSSR count). The number of ether oxygens (including phenoxy) is 3. The Hall–Kier alpha value is -3.39. The van der Waals surface area contributed by atoms with Crippen LogP contribution in [0, 0.1) is 6.92 Å². The van der Waals surface area contributed by atoms with E-state index in [9.17, 15) is 9.59 Å². The van der Waals surface area contributed by atoms with E-state index < -0.39 is 0 Å². The summed E-state index contributed by atoms with van der Waals surface area (Å²) < 4.78 is 17.2. The zero-order valence-electron chi connectivity index (χ0n) is 16.2. The molecule has 3 heterocycles. The molecule has 3 aromatic rings. The normalized spacial score (nSPS) is 12.3. The second kappa shape index (κ2) is 7.92. The van der Waals surface area contributed by atoms with E-state index in [4.69, 9.17) is 14.2 Å². The number of amides is 1. The van der Waals surface area contributed by atoms with Crippen molar-refractivity contribution >= 4 is 16.8 Å². The van der Waals surface area contributed by atoms with E-state index in [1.165, 1.54) is 0 Å². The fraction of sp³-hybridized carbons (Fsp3) is 0.286. The van der Waals surface area contributed by atoms with E-state index in [1.807, 2.05) is 18.2 Å². The first-order chi connectivity index (χ1) is 14.1. The van der Waals surface area contributed by atoms with Crippen molar-refractivity contribution < 1.29 is 19.0 Å². The van der Waals surface area contributed by atoms with Gasteiger partial charge in [0.25, 0.3) is 11.5 Å². The average molecular weight is 395 g/mol. The van der Waals surface area contributed by atoms with E-state index in [2.05, 4.69) is 10.3 Å². The molecule has 0 bridgehead atoms. The Labute approximate surface area is 167 Å². The summed E-state index contributed by atoms with van der Waals surface area (Å²) in [4.78, 5) is 29.9. The number of carbonyl (C=O) groups excluding carboxylic acids is 1. The molecule has 1 amide bonds. The number of aryl methyl sites for hydroxylation is 1. The van der Waals surface area contributed by atoms with E-state index in [0.717, 1.165) is 5.56 Å². The molecule has 0 radical (unpaired) electrons. The predicted molar refractivity (Wildman–Crippen MR) is 106 cm³/mol. The van der Waals surface area contributed by atoms with Crippen molar-refractivity contribution in [3.63, 3.8) is 0 Å². The van der Waals surface area contributed by atoms with Gasteiger partial charge in [-0.05, 0) is 36.8 Å². The van der Waals surface area contributed by atoms with Crippen molar-refractivity contribution in [1.29, 1.82) is 0 Å². The third kappa shape index (κ3) is 3.79. The Morgan fingerprint density at radius 1 is 1.24 bits per heavy atom. The number of hydrogen-bond donors (Lipinski definition) is 1. The Morgan fingerprint density at radius 3 is 2.90 bits per heavy atom. The van der Waals surface area contributed by atoms with Gasteiger partial charge in [-0.2, -0.15) is 0 Å². The van der Waals surface area contributed by atoms with Crippen molar-refractivity contribution in [3.05, 3.63) is 63.7 Å². The molecule has 8 heteroatoms. The maximum absolute atomic E-state index is 12.7. The number of benzene rings is 1. The van der Waals surface area contributed by atoms with Gasteiger partial charge >= 0.3 is 0 Å². The van der Waals surface area contributed by atoms with Crippen LogP contribution in [0.25, 0.3) is 10.9 Å². The molecular formula is C21H21N3O5. The zero-order chi connectivity index (χ0) is 20.4. The molecule has 29 heavy (non-hydrogen) atoms. The molecule has 1 aliphatic rings. The van der Waals surface area contributed by atoms with Crippen LogP contribution in [-0.4, -0.2) is 36.0 Å². The van der Waals surface area contributed by atoms with Crippen LogP contribution in [0.4, 0.5) is 0 Å². The first kappa shape index (κ1) is 18.9. The molecule has 0 aliphatic carbocycles. The maximum Gasteiger partial charge on any atom is 0.260 e. The number of hydrogen-bond acceptors (Lipinski definition) is 6. The fourth-order valence-corrected chi connectivity index (χ4v) is 3.23. The lowest BCUT2D eigenvalue weighted by Crippen LogP contribution is -2.26. The predicted octanol–water partition coefficient (Wildman–Crippen LogP) is 2.01. The zero-order valence-corrected chi connectivity index (χ0v) is 16.2. The van der Waals surface area contributed by atoms with E-state index in [0.29, 0.717) is 53.4 Å². The number of carbonyl (C=O) groups is 1. The second-order valence-electron chi connectivity index (χ2n) is 6.73. The van der Waals surface area contributed by atoms with Gasteiger partial charge in [0.1, 0.15) is 0 Å². The van der Waals surface area contributed by atoms with Crippen molar-refractivity contribution in [2.45, 2.75) is 20.0 Å². The third-order valence-electron chi connectivity index (χ3n) is 4.82. The summed E-state index contributed by atoms with van der Waals surface area (Å²) in [7, 11) is 1.58. The van der Waals surface area contributed by atoms with Crippen LogP contribution in [0.15, 0.2) is 41.3 Å². The highest BCUT2D eigenvalue weighted by atomic mass is 16.7. The highest BCUT2D eigenvalue weighted by Crippen LogP contribution is 2.32. The maximum atomic E-state index is 12.7. The Balaban J connectivity index is 1.57. The summed E-state index contributed by atoms with van der Waals surface area (Å²) in [5.41, 5.74) is 2.19. The smallest absolute Gasteiger partial charge is 0.260 e. The number of methoxy groups -OCH3 is 1. The first-order valence-electron chi connectivity index (χ1n) is 9.23. The fourth-order valence-electron chi connectivity index (χ4n) is 3.23. The van der Waals surface area contributed by atoms with Gasteiger partial charge in [0.15, 0.2) is 11.5 Å². The van der Waals surface area contributed by atoms with Gasteiger partial charge in [0, 0.05) is 26.4 Å². The van der Waals surface area contributed by atoms with Gasteiger partial charge in [0.2, 0.25) is 6.79 Å². The molecule has 1 N–H and O–H groups in total. The monoisotopic (exact) mass is 395 g/mol. The number of nitrogens with zero attached hydrogens (tertiary/aromatic N) is 2. The van der Waals surface area contributed by atoms with Crippen LogP contribution in [-0.2, 0) is 17.8 Å². The number of nitrogens with one attached hydrogen (secondary N) is 1. The molecule has 0 saturated heterocycles. The lowest BCUT2D eigenvalue weighted by Gasteiger charge is -2.11. The van der Waals surface area contributed by atoms with Gasteiger partial charge in [-0.25, -0.2) is 0 Å². The van der Waals surface area contributed by atoms with E-state index >= 15 is 0 Å². The molecule has 150 valence electrons.